The first-order valence-corrected chi connectivity index (χ1v) is 2.64. The van der Waals surface area contributed by atoms with Crippen LogP contribution in [0.1, 0.15) is 2.85 Å². The Bertz CT molecular complexity index is 65.8. The van der Waals surface area contributed by atoms with Crippen LogP contribution < -0.4 is 66.1 Å². The van der Waals surface area contributed by atoms with Gasteiger partial charge in [0, 0.05) is 7.11 Å². The number of rotatable bonds is 0. The molecule has 0 heterocycles. The fourth-order valence-electron chi connectivity index (χ4n) is 0. The Hall–Kier alpha value is 1.71. The van der Waals surface area contributed by atoms with Gasteiger partial charge in [-0.05, 0) is 0 Å². The van der Waals surface area contributed by atoms with Gasteiger partial charge in [-0.1, -0.05) is 0 Å². The molecular formula is CH6KO5P. The van der Waals surface area contributed by atoms with Crippen LogP contribution in [0.4, 0.5) is 0 Å². The van der Waals surface area contributed by atoms with Crippen molar-refractivity contribution in [1.82, 2.24) is 0 Å². The van der Waals surface area contributed by atoms with E-state index in [1.165, 1.54) is 0 Å². The first-order valence-electron chi connectivity index (χ1n) is 1.18. The van der Waals surface area contributed by atoms with Gasteiger partial charge >= 0.3 is 54.2 Å². The number of phosphoric acid groups is 1. The van der Waals surface area contributed by atoms with E-state index < -0.39 is 7.82 Å². The van der Waals surface area contributed by atoms with Crippen LogP contribution in [0.3, 0.4) is 0 Å². The molecule has 7 heteroatoms. The van der Waals surface area contributed by atoms with Crippen LogP contribution in [0.2, 0.25) is 0 Å². The molecule has 0 aliphatic carbocycles. The third kappa shape index (κ3) is 119. The molecule has 0 aliphatic heterocycles. The molecule has 46 valence electrons. The second-order valence-electron chi connectivity index (χ2n) is 0.447. The standard InChI is InChI=1S/CH4O.K.H3O4P/c1-2;;1-5(2,3)4/h2H,1H3;;(H3,1,2,3,4)/q;+1;/p-1. The number of hydrogen-bond donors (Lipinski definition) is 1. The van der Waals surface area contributed by atoms with Crippen molar-refractivity contribution < 1.29 is 78.6 Å². The zero-order chi connectivity index (χ0) is 6.50. The van der Waals surface area contributed by atoms with Crippen molar-refractivity contribution >= 4 is 7.82 Å². The zero-order valence-corrected chi connectivity index (χ0v) is 8.54. The summed E-state index contributed by atoms with van der Waals surface area (Å²) in [6.45, 7) is 0. The summed E-state index contributed by atoms with van der Waals surface area (Å²) in [6.07, 6.45) is 0. The van der Waals surface area contributed by atoms with Crippen LogP contribution >= 0.6 is 7.82 Å². The third-order valence-electron chi connectivity index (χ3n) is 0. The molecule has 0 aromatic carbocycles. The van der Waals surface area contributed by atoms with Crippen molar-refractivity contribution in [1.29, 1.82) is 0 Å². The minimum absolute atomic E-state index is 0. The van der Waals surface area contributed by atoms with Crippen LogP contribution in [0.15, 0.2) is 0 Å². The summed E-state index contributed by atoms with van der Waals surface area (Å²) in [5, 5.41) is 7.00. The van der Waals surface area contributed by atoms with E-state index in [9.17, 15) is 0 Å². The molecule has 5 nitrogen and oxygen atoms in total. The van der Waals surface area contributed by atoms with Crippen LogP contribution in [0.5, 0.6) is 0 Å². The minimum atomic E-state index is -5.39. The summed E-state index contributed by atoms with van der Waals surface area (Å²) >= 11 is 0. The van der Waals surface area contributed by atoms with Gasteiger partial charge in [0.15, 0.2) is 0 Å². The minimum Gasteiger partial charge on any atom is -0.822 e. The summed E-state index contributed by atoms with van der Waals surface area (Å²) in [4.78, 5) is 25.6. The SMILES string of the molecule is CO.O=P([O-])([O-])[O-].[H+].[H+].[K+]. The second-order valence-corrected chi connectivity index (χ2v) is 1.34. The van der Waals surface area contributed by atoms with E-state index in [0.29, 0.717) is 0 Å². The molecule has 0 saturated heterocycles. The Labute approximate surface area is 92.4 Å². The molecule has 0 saturated carbocycles. The van der Waals surface area contributed by atoms with Crippen molar-refractivity contribution in [3.8, 4) is 0 Å². The number of hydrogen-bond acceptors (Lipinski definition) is 5. The maximum atomic E-state index is 8.55. The zero-order valence-electron chi connectivity index (χ0n) is 6.53. The summed E-state index contributed by atoms with van der Waals surface area (Å²) in [5.41, 5.74) is 0. The molecule has 0 fully saturated rings. The molecule has 0 aromatic rings. The molecule has 0 rings (SSSR count). The van der Waals surface area contributed by atoms with Gasteiger partial charge in [-0.15, -0.1) is 0 Å². The quantitative estimate of drug-likeness (QED) is 0.286. The maximum absolute atomic E-state index is 8.55. The van der Waals surface area contributed by atoms with Crippen molar-refractivity contribution in [2.45, 2.75) is 0 Å². The predicted octanol–water partition coefficient (Wildman–Crippen LogP) is -5.99. The Morgan fingerprint density at radius 1 is 1.38 bits per heavy atom. The van der Waals surface area contributed by atoms with E-state index in [1.807, 2.05) is 0 Å². The topological polar surface area (TPSA) is 106 Å². The number of aliphatic hydroxyl groups is 1. The van der Waals surface area contributed by atoms with E-state index in [0.717, 1.165) is 7.11 Å². The Kier molecular flexibility index (Phi) is 17.8. The molecule has 1 N–H and O–H groups in total. The van der Waals surface area contributed by atoms with Gasteiger partial charge in [-0.2, -0.15) is 7.82 Å². The predicted molar refractivity (Wildman–Crippen MR) is 18.0 cm³/mol. The fraction of sp³-hybridized carbons (Fsp3) is 1.00. The molecule has 8 heavy (non-hydrogen) atoms. The molecular weight excluding hydrogens is 162 g/mol. The van der Waals surface area contributed by atoms with Crippen LogP contribution in [0, 0.1) is 0 Å². The van der Waals surface area contributed by atoms with Gasteiger partial charge < -0.3 is 24.4 Å². The molecule has 0 unspecified atom stereocenters. The first kappa shape index (κ1) is 16.4. The summed E-state index contributed by atoms with van der Waals surface area (Å²) in [5.74, 6) is 0. The summed E-state index contributed by atoms with van der Waals surface area (Å²) < 4.78 is 8.55. The average Bonchev–Trinajstić information content (AvgIpc) is 1.36. The molecule has 0 atom stereocenters. The van der Waals surface area contributed by atoms with E-state index in [1.54, 1.807) is 0 Å². The molecule has 0 spiro atoms. The summed E-state index contributed by atoms with van der Waals surface area (Å²) in [7, 11) is -4.39. The van der Waals surface area contributed by atoms with E-state index in [4.69, 9.17) is 24.4 Å². The van der Waals surface area contributed by atoms with Crippen LogP contribution in [-0.4, -0.2) is 12.2 Å². The molecule has 0 aliphatic rings. The van der Waals surface area contributed by atoms with Crippen molar-refractivity contribution in [2.24, 2.45) is 0 Å². The fourth-order valence-corrected chi connectivity index (χ4v) is 0. The van der Waals surface area contributed by atoms with E-state index >= 15 is 0 Å². The van der Waals surface area contributed by atoms with Crippen LogP contribution in [0.25, 0.3) is 0 Å². The smallest absolute Gasteiger partial charge is 0.822 e. The summed E-state index contributed by atoms with van der Waals surface area (Å²) in [6, 6.07) is 0. The molecule has 0 aromatic heterocycles. The van der Waals surface area contributed by atoms with E-state index in [2.05, 4.69) is 0 Å². The second kappa shape index (κ2) is 8.71. The van der Waals surface area contributed by atoms with E-state index in [-0.39, 0.29) is 54.2 Å². The molecule has 0 bridgehead atoms. The first-order chi connectivity index (χ1) is 3.00. The van der Waals surface area contributed by atoms with Gasteiger partial charge in [0.25, 0.3) is 0 Å². The van der Waals surface area contributed by atoms with Crippen molar-refractivity contribution in [3.05, 3.63) is 0 Å². The third-order valence-corrected chi connectivity index (χ3v) is 0. The van der Waals surface area contributed by atoms with Gasteiger partial charge in [-0.3, -0.25) is 0 Å². The van der Waals surface area contributed by atoms with Gasteiger partial charge in [0.2, 0.25) is 0 Å². The Balaban J connectivity index is -0.0000000154. The Morgan fingerprint density at radius 2 is 1.38 bits per heavy atom. The van der Waals surface area contributed by atoms with Crippen LogP contribution in [-0.2, 0) is 4.57 Å². The van der Waals surface area contributed by atoms with Gasteiger partial charge in [0.05, 0.1) is 0 Å². The van der Waals surface area contributed by atoms with Crippen molar-refractivity contribution in [3.63, 3.8) is 0 Å². The van der Waals surface area contributed by atoms with Crippen molar-refractivity contribution in [2.75, 3.05) is 7.11 Å². The maximum Gasteiger partial charge on any atom is 1.00 e. The average molecular weight is 168 g/mol. The normalized spacial score (nSPS) is 8.12. The number of aliphatic hydroxyl groups excluding tert-OH is 1. The Morgan fingerprint density at radius 3 is 1.38 bits per heavy atom. The van der Waals surface area contributed by atoms with Gasteiger partial charge in [0.1, 0.15) is 0 Å². The van der Waals surface area contributed by atoms with Gasteiger partial charge in [-0.25, -0.2) is 0 Å². The molecule has 0 amide bonds. The monoisotopic (exact) mass is 168 g/mol. The largest absolute Gasteiger partial charge is 1.00 e. The molecule has 0 radical (unpaired) electrons.